The number of hydrogen-bond donors (Lipinski definition) is 0. The topological polar surface area (TPSA) is 35.5 Å². The summed E-state index contributed by atoms with van der Waals surface area (Å²) in [5.74, 6) is 0.485. The number of hydrogen-bond acceptors (Lipinski definition) is 3. The van der Waals surface area contributed by atoms with E-state index in [1.165, 1.54) is 13.2 Å². The molecular weight excluding hydrogens is 264 g/mol. The van der Waals surface area contributed by atoms with Crippen molar-refractivity contribution >= 4 is 11.5 Å². The molecule has 0 aliphatic heterocycles. The van der Waals surface area contributed by atoms with Crippen LogP contribution in [0.4, 0.5) is 0 Å². The van der Waals surface area contributed by atoms with E-state index in [1.54, 1.807) is 7.11 Å². The van der Waals surface area contributed by atoms with Gasteiger partial charge in [0.15, 0.2) is 0 Å². The van der Waals surface area contributed by atoms with Gasteiger partial charge < -0.3 is 9.47 Å². The molecule has 3 nitrogen and oxygen atoms in total. The monoisotopic (exact) mass is 282 g/mol. The number of rotatable bonds is 4. The lowest BCUT2D eigenvalue weighted by atomic mass is 9.99. The summed E-state index contributed by atoms with van der Waals surface area (Å²) < 4.78 is 9.82. The Morgan fingerprint density at radius 2 is 1.71 bits per heavy atom. The summed E-state index contributed by atoms with van der Waals surface area (Å²) in [7, 11) is 3.02. The number of esters is 1. The van der Waals surface area contributed by atoms with Crippen molar-refractivity contribution in [1.82, 2.24) is 0 Å². The van der Waals surface area contributed by atoms with E-state index in [2.05, 4.69) is 10.8 Å². The summed E-state index contributed by atoms with van der Waals surface area (Å²) in [5.41, 5.74) is 4.06. The molecule has 2 aromatic carbocycles. The van der Waals surface area contributed by atoms with Crippen LogP contribution in [0.15, 0.2) is 54.6 Å². The lowest BCUT2D eigenvalue weighted by Crippen LogP contribution is -1.95. The van der Waals surface area contributed by atoms with Crippen LogP contribution in [0.2, 0.25) is 0 Å². The van der Waals surface area contributed by atoms with Gasteiger partial charge in [0.25, 0.3) is 0 Å². The van der Waals surface area contributed by atoms with Gasteiger partial charge in [-0.05, 0) is 47.4 Å². The Kier molecular flexibility index (Phi) is 4.77. The average Bonchev–Trinajstić information content (AvgIpc) is 2.55. The predicted molar refractivity (Wildman–Crippen MR) is 84.1 cm³/mol. The molecule has 0 unspecified atom stereocenters. The molecular formula is C18H18O3. The Balaban J connectivity index is 2.32. The van der Waals surface area contributed by atoms with Crippen molar-refractivity contribution in [3.8, 4) is 16.9 Å². The second-order valence-electron chi connectivity index (χ2n) is 4.66. The van der Waals surface area contributed by atoms with Gasteiger partial charge in [0.2, 0.25) is 0 Å². The van der Waals surface area contributed by atoms with Crippen molar-refractivity contribution in [2.75, 3.05) is 14.2 Å². The molecule has 0 aromatic heterocycles. The lowest BCUT2D eigenvalue weighted by molar-refractivity contribution is -0.134. The first-order valence-corrected chi connectivity index (χ1v) is 6.65. The molecule has 0 bridgehead atoms. The Hall–Kier alpha value is -2.55. The Morgan fingerprint density at radius 1 is 1.00 bits per heavy atom. The molecule has 0 saturated heterocycles. The number of ether oxygens (including phenoxy) is 2. The van der Waals surface area contributed by atoms with Crippen LogP contribution in [-0.4, -0.2) is 20.2 Å². The summed E-state index contributed by atoms with van der Waals surface area (Å²) in [4.78, 5) is 11.3. The van der Waals surface area contributed by atoms with Gasteiger partial charge in [0.1, 0.15) is 5.75 Å². The van der Waals surface area contributed by atoms with Crippen molar-refractivity contribution in [2.45, 2.75) is 6.92 Å². The first-order valence-electron chi connectivity index (χ1n) is 6.65. The Morgan fingerprint density at radius 3 is 2.33 bits per heavy atom. The zero-order valence-corrected chi connectivity index (χ0v) is 12.4. The Bertz CT molecular complexity index is 654. The maximum absolute atomic E-state index is 11.3. The highest BCUT2D eigenvalue weighted by Crippen LogP contribution is 2.25. The second kappa shape index (κ2) is 6.75. The summed E-state index contributed by atoms with van der Waals surface area (Å²) in [5, 5.41) is 0. The van der Waals surface area contributed by atoms with Gasteiger partial charge >= 0.3 is 5.97 Å². The number of carbonyl (C=O) groups excluding carboxylic acids is 1. The van der Waals surface area contributed by atoms with Crippen LogP contribution in [0.25, 0.3) is 16.7 Å². The van der Waals surface area contributed by atoms with Crippen LogP contribution in [0.5, 0.6) is 5.75 Å². The fourth-order valence-electron chi connectivity index (χ4n) is 2.05. The maximum Gasteiger partial charge on any atom is 0.330 e. The molecule has 0 aliphatic carbocycles. The van der Waals surface area contributed by atoms with Gasteiger partial charge in [0.05, 0.1) is 14.2 Å². The molecule has 3 heteroatoms. The van der Waals surface area contributed by atoms with E-state index in [0.717, 1.165) is 28.0 Å². The van der Waals surface area contributed by atoms with Crippen LogP contribution in [0.1, 0.15) is 12.5 Å². The van der Waals surface area contributed by atoms with Crippen molar-refractivity contribution < 1.29 is 14.3 Å². The van der Waals surface area contributed by atoms with E-state index in [9.17, 15) is 4.79 Å². The minimum atomic E-state index is -0.345. The summed E-state index contributed by atoms with van der Waals surface area (Å²) in [6.07, 6.45) is 1.49. The summed E-state index contributed by atoms with van der Waals surface area (Å²) in [6.45, 7) is 1.89. The molecule has 108 valence electrons. The number of carbonyl (C=O) groups is 1. The van der Waals surface area contributed by atoms with Crippen molar-refractivity contribution in [2.24, 2.45) is 0 Å². The minimum Gasteiger partial charge on any atom is -0.497 e. The largest absolute Gasteiger partial charge is 0.497 e. The zero-order chi connectivity index (χ0) is 15.2. The first kappa shape index (κ1) is 14.9. The van der Waals surface area contributed by atoms with Crippen LogP contribution >= 0.6 is 0 Å². The SMILES string of the molecule is COC(=O)/C=C(\C)c1cccc(-c2ccc(OC)cc2)c1. The Labute approximate surface area is 124 Å². The molecule has 0 heterocycles. The third-order valence-electron chi connectivity index (χ3n) is 3.28. The minimum absolute atomic E-state index is 0.345. The molecule has 0 saturated carbocycles. The number of benzene rings is 2. The van der Waals surface area contributed by atoms with E-state index in [1.807, 2.05) is 49.4 Å². The molecule has 0 spiro atoms. The highest BCUT2D eigenvalue weighted by atomic mass is 16.5. The first-order chi connectivity index (χ1) is 10.1. The smallest absolute Gasteiger partial charge is 0.330 e. The molecule has 0 radical (unpaired) electrons. The van der Waals surface area contributed by atoms with Gasteiger partial charge in [-0.25, -0.2) is 4.79 Å². The number of allylic oxidation sites excluding steroid dienone is 1. The molecule has 21 heavy (non-hydrogen) atoms. The van der Waals surface area contributed by atoms with E-state index in [0.29, 0.717) is 0 Å². The molecule has 0 fully saturated rings. The van der Waals surface area contributed by atoms with Crippen molar-refractivity contribution in [3.05, 3.63) is 60.2 Å². The van der Waals surface area contributed by atoms with Gasteiger partial charge in [-0.15, -0.1) is 0 Å². The summed E-state index contributed by atoms with van der Waals surface area (Å²) >= 11 is 0. The standard InChI is InChI=1S/C18H18O3/c1-13(11-18(19)21-3)15-5-4-6-16(12-15)14-7-9-17(20-2)10-8-14/h4-12H,1-3H3/b13-11+. The normalized spacial score (nSPS) is 11.1. The predicted octanol–water partition coefficient (Wildman–Crippen LogP) is 3.94. The zero-order valence-electron chi connectivity index (χ0n) is 12.4. The van der Waals surface area contributed by atoms with E-state index < -0.39 is 0 Å². The van der Waals surface area contributed by atoms with Crippen LogP contribution in [0, 0.1) is 0 Å². The van der Waals surface area contributed by atoms with Crippen LogP contribution in [-0.2, 0) is 9.53 Å². The molecule has 0 aliphatic rings. The fourth-order valence-corrected chi connectivity index (χ4v) is 2.05. The van der Waals surface area contributed by atoms with Crippen LogP contribution in [0.3, 0.4) is 0 Å². The van der Waals surface area contributed by atoms with Crippen LogP contribution < -0.4 is 4.74 Å². The van der Waals surface area contributed by atoms with Gasteiger partial charge in [0, 0.05) is 6.08 Å². The number of methoxy groups -OCH3 is 2. The van der Waals surface area contributed by atoms with E-state index in [-0.39, 0.29) is 5.97 Å². The van der Waals surface area contributed by atoms with Gasteiger partial charge in [-0.1, -0.05) is 30.3 Å². The molecule has 2 aromatic rings. The third-order valence-corrected chi connectivity index (χ3v) is 3.28. The van der Waals surface area contributed by atoms with Crippen molar-refractivity contribution in [1.29, 1.82) is 0 Å². The van der Waals surface area contributed by atoms with E-state index >= 15 is 0 Å². The van der Waals surface area contributed by atoms with Gasteiger partial charge in [-0.2, -0.15) is 0 Å². The van der Waals surface area contributed by atoms with E-state index in [4.69, 9.17) is 4.74 Å². The highest BCUT2D eigenvalue weighted by molar-refractivity contribution is 5.91. The quantitative estimate of drug-likeness (QED) is 0.629. The molecule has 0 N–H and O–H groups in total. The lowest BCUT2D eigenvalue weighted by Gasteiger charge is -2.07. The molecule has 2 rings (SSSR count). The average molecular weight is 282 g/mol. The van der Waals surface area contributed by atoms with Crippen molar-refractivity contribution in [3.63, 3.8) is 0 Å². The second-order valence-corrected chi connectivity index (χ2v) is 4.66. The van der Waals surface area contributed by atoms with Gasteiger partial charge in [-0.3, -0.25) is 0 Å². The fraction of sp³-hybridized carbons (Fsp3) is 0.167. The molecule has 0 atom stereocenters. The highest BCUT2D eigenvalue weighted by Gasteiger charge is 2.03. The summed E-state index contributed by atoms with van der Waals surface area (Å²) in [6, 6.07) is 15.9. The maximum atomic E-state index is 11.3. The third kappa shape index (κ3) is 3.72. The molecule has 0 amide bonds.